The third-order valence-corrected chi connectivity index (χ3v) is 3.12. The lowest BCUT2D eigenvalue weighted by Crippen LogP contribution is -2.22. The van der Waals surface area contributed by atoms with Crippen LogP contribution in [-0.2, 0) is 4.79 Å². The van der Waals surface area contributed by atoms with E-state index in [1.807, 2.05) is 0 Å². The van der Waals surface area contributed by atoms with Crippen LogP contribution in [-0.4, -0.2) is 17.2 Å². The third-order valence-electron chi connectivity index (χ3n) is 3.12. The summed E-state index contributed by atoms with van der Waals surface area (Å²) in [6.45, 7) is 1.41. The highest BCUT2D eigenvalue weighted by molar-refractivity contribution is 5.80. The lowest BCUT2D eigenvalue weighted by atomic mass is 10.2. The molecule has 6 nitrogen and oxygen atoms in total. The molecule has 1 N–H and O–H groups in total. The predicted molar refractivity (Wildman–Crippen MR) is 77.9 cm³/mol. The predicted octanol–water partition coefficient (Wildman–Crippen LogP) is 2.90. The second-order valence-corrected chi connectivity index (χ2v) is 4.71. The van der Waals surface area contributed by atoms with Crippen molar-refractivity contribution < 1.29 is 23.5 Å². The maximum Gasteiger partial charge on any atom is 0.344 e. The van der Waals surface area contributed by atoms with E-state index in [-0.39, 0.29) is 5.43 Å². The molecule has 0 saturated heterocycles. The van der Waals surface area contributed by atoms with Gasteiger partial charge in [-0.2, -0.15) is 0 Å². The average molecular weight is 300 g/mol. The molecule has 2 aromatic heterocycles. The van der Waals surface area contributed by atoms with Gasteiger partial charge in [-0.05, 0) is 37.3 Å². The molecule has 0 radical (unpaired) electrons. The zero-order valence-corrected chi connectivity index (χ0v) is 11.6. The van der Waals surface area contributed by atoms with Crippen LogP contribution in [0.2, 0.25) is 0 Å². The molecule has 0 aliphatic carbocycles. The number of hydrogen-bond acceptors (Lipinski definition) is 5. The largest absolute Gasteiger partial charge is 0.479 e. The molecule has 0 aliphatic heterocycles. The first-order valence-electron chi connectivity index (χ1n) is 6.56. The standard InChI is InChI=1S/C16H12O6/c1-9(16(18)19)21-10-4-5-13-11(7-10)12(17)8-15(22-13)14-3-2-6-20-14/h2-9H,1H3,(H,18,19). The van der Waals surface area contributed by atoms with E-state index in [0.717, 1.165) is 0 Å². The van der Waals surface area contributed by atoms with Gasteiger partial charge in [0.25, 0.3) is 0 Å². The van der Waals surface area contributed by atoms with Crippen molar-refractivity contribution >= 4 is 16.9 Å². The van der Waals surface area contributed by atoms with Gasteiger partial charge in [0.05, 0.1) is 11.6 Å². The fourth-order valence-corrected chi connectivity index (χ4v) is 2.00. The molecule has 6 heteroatoms. The number of furan rings is 1. The zero-order chi connectivity index (χ0) is 15.7. The van der Waals surface area contributed by atoms with Gasteiger partial charge in [0.2, 0.25) is 0 Å². The summed E-state index contributed by atoms with van der Waals surface area (Å²) in [7, 11) is 0. The number of hydrogen-bond donors (Lipinski definition) is 1. The van der Waals surface area contributed by atoms with Gasteiger partial charge >= 0.3 is 5.97 Å². The Labute approximate surface area is 124 Å². The summed E-state index contributed by atoms with van der Waals surface area (Å²) >= 11 is 0. The molecule has 22 heavy (non-hydrogen) atoms. The smallest absolute Gasteiger partial charge is 0.344 e. The number of carboxylic acid groups (broad SMARTS) is 1. The molecule has 0 amide bonds. The Balaban J connectivity index is 2.03. The molecular weight excluding hydrogens is 288 g/mol. The van der Waals surface area contributed by atoms with Gasteiger partial charge in [-0.3, -0.25) is 4.79 Å². The summed E-state index contributed by atoms with van der Waals surface area (Å²) < 4.78 is 16.1. The molecule has 1 unspecified atom stereocenters. The monoisotopic (exact) mass is 300 g/mol. The molecule has 112 valence electrons. The van der Waals surface area contributed by atoms with Gasteiger partial charge in [0, 0.05) is 6.07 Å². The van der Waals surface area contributed by atoms with Crippen LogP contribution in [0, 0.1) is 0 Å². The molecular formula is C16H12O6. The van der Waals surface area contributed by atoms with Crippen LogP contribution >= 0.6 is 0 Å². The Kier molecular flexibility index (Phi) is 3.42. The maximum atomic E-state index is 12.2. The summed E-state index contributed by atoms with van der Waals surface area (Å²) in [6, 6.07) is 9.29. The van der Waals surface area contributed by atoms with Crippen molar-refractivity contribution in [2.75, 3.05) is 0 Å². The van der Waals surface area contributed by atoms with Crippen molar-refractivity contribution in [3.63, 3.8) is 0 Å². The highest BCUT2D eigenvalue weighted by Gasteiger charge is 2.14. The molecule has 0 spiro atoms. The highest BCUT2D eigenvalue weighted by Crippen LogP contribution is 2.25. The Morgan fingerprint density at radius 2 is 2.05 bits per heavy atom. The molecule has 0 fully saturated rings. The Hall–Kier alpha value is -3.02. The van der Waals surface area contributed by atoms with Crippen LogP contribution in [0.25, 0.3) is 22.5 Å². The zero-order valence-electron chi connectivity index (χ0n) is 11.6. The summed E-state index contributed by atoms with van der Waals surface area (Å²) in [4.78, 5) is 23.0. The summed E-state index contributed by atoms with van der Waals surface area (Å²) in [5.74, 6) is -0.00496. The van der Waals surface area contributed by atoms with Crippen LogP contribution in [0.5, 0.6) is 5.75 Å². The Bertz CT molecular complexity index is 875. The van der Waals surface area contributed by atoms with Crippen LogP contribution in [0.3, 0.4) is 0 Å². The molecule has 2 heterocycles. The van der Waals surface area contributed by atoms with Crippen molar-refractivity contribution in [1.82, 2.24) is 0 Å². The van der Waals surface area contributed by atoms with E-state index in [2.05, 4.69) is 0 Å². The topological polar surface area (TPSA) is 89.9 Å². The number of benzene rings is 1. The van der Waals surface area contributed by atoms with Gasteiger partial charge in [-0.15, -0.1) is 0 Å². The van der Waals surface area contributed by atoms with Crippen molar-refractivity contribution in [2.24, 2.45) is 0 Å². The third kappa shape index (κ3) is 2.58. The first-order valence-corrected chi connectivity index (χ1v) is 6.56. The molecule has 1 atom stereocenters. The first kappa shape index (κ1) is 13.9. The summed E-state index contributed by atoms with van der Waals surface area (Å²) in [5, 5.41) is 9.15. The normalized spacial score (nSPS) is 12.2. The fourth-order valence-electron chi connectivity index (χ4n) is 2.00. The quantitative estimate of drug-likeness (QED) is 0.796. The van der Waals surface area contributed by atoms with Crippen LogP contribution in [0.4, 0.5) is 0 Å². The highest BCUT2D eigenvalue weighted by atomic mass is 16.5. The summed E-state index contributed by atoms with van der Waals surface area (Å²) in [6.07, 6.45) is 0.482. The van der Waals surface area contributed by atoms with E-state index >= 15 is 0 Å². The lowest BCUT2D eigenvalue weighted by Gasteiger charge is -2.10. The number of fused-ring (bicyclic) bond motifs is 1. The molecule has 3 rings (SSSR count). The molecule has 0 aliphatic rings. The van der Waals surface area contributed by atoms with Gasteiger partial charge in [-0.25, -0.2) is 4.79 Å². The lowest BCUT2D eigenvalue weighted by molar-refractivity contribution is -0.144. The molecule has 0 saturated carbocycles. The number of aliphatic carboxylic acids is 1. The van der Waals surface area contributed by atoms with E-state index in [4.69, 9.17) is 18.7 Å². The second kappa shape index (κ2) is 5.40. The van der Waals surface area contributed by atoms with E-state index in [1.165, 1.54) is 25.3 Å². The maximum absolute atomic E-state index is 12.2. The fraction of sp³-hybridized carbons (Fsp3) is 0.125. The van der Waals surface area contributed by atoms with Crippen LogP contribution < -0.4 is 10.2 Å². The minimum Gasteiger partial charge on any atom is -0.479 e. The Morgan fingerprint density at radius 1 is 1.23 bits per heavy atom. The van der Waals surface area contributed by atoms with Crippen molar-refractivity contribution in [1.29, 1.82) is 0 Å². The van der Waals surface area contributed by atoms with Gasteiger partial charge in [0.15, 0.2) is 23.1 Å². The van der Waals surface area contributed by atoms with Gasteiger partial charge in [0.1, 0.15) is 11.3 Å². The van der Waals surface area contributed by atoms with Crippen molar-refractivity contribution in [3.8, 4) is 17.3 Å². The summed E-state index contributed by atoms with van der Waals surface area (Å²) in [5.41, 5.74) is 0.107. The minimum atomic E-state index is -1.08. The average Bonchev–Trinajstić information content (AvgIpc) is 3.01. The molecule has 0 bridgehead atoms. The SMILES string of the molecule is CC(Oc1ccc2oc(-c3ccco3)cc(=O)c2c1)C(=O)O. The number of carboxylic acids is 1. The van der Waals surface area contributed by atoms with Crippen molar-refractivity contribution in [3.05, 3.63) is 52.9 Å². The van der Waals surface area contributed by atoms with E-state index < -0.39 is 12.1 Å². The van der Waals surface area contributed by atoms with E-state index in [0.29, 0.717) is 28.2 Å². The molecule has 3 aromatic rings. The van der Waals surface area contributed by atoms with Gasteiger partial charge < -0.3 is 18.7 Å². The second-order valence-electron chi connectivity index (χ2n) is 4.71. The van der Waals surface area contributed by atoms with E-state index in [1.54, 1.807) is 24.3 Å². The van der Waals surface area contributed by atoms with Crippen molar-refractivity contribution in [2.45, 2.75) is 13.0 Å². The first-order chi connectivity index (χ1) is 10.5. The number of carbonyl (C=O) groups is 1. The number of rotatable bonds is 4. The number of ether oxygens (including phenoxy) is 1. The minimum absolute atomic E-state index is 0.263. The van der Waals surface area contributed by atoms with E-state index in [9.17, 15) is 9.59 Å². The Morgan fingerprint density at radius 3 is 2.73 bits per heavy atom. The van der Waals surface area contributed by atoms with Gasteiger partial charge in [-0.1, -0.05) is 0 Å². The van der Waals surface area contributed by atoms with Crippen LogP contribution in [0.15, 0.2) is 56.3 Å². The van der Waals surface area contributed by atoms with Crippen LogP contribution in [0.1, 0.15) is 6.92 Å². The molecule has 1 aromatic carbocycles.